The van der Waals surface area contributed by atoms with Gasteiger partial charge in [0.2, 0.25) is 0 Å². The summed E-state index contributed by atoms with van der Waals surface area (Å²) in [5.74, 6) is 0.812. The van der Waals surface area contributed by atoms with Crippen molar-refractivity contribution in [3.63, 3.8) is 0 Å². The smallest absolute Gasteiger partial charge is 0.193 e. The van der Waals surface area contributed by atoms with Gasteiger partial charge in [-0.2, -0.15) is 4.73 Å². The molecule has 1 aromatic rings. The lowest BCUT2D eigenvalue weighted by Crippen LogP contribution is -2.30. The van der Waals surface area contributed by atoms with Crippen molar-refractivity contribution in [1.82, 2.24) is 0 Å². The first-order chi connectivity index (χ1) is 9.16. The topological polar surface area (TPSA) is 45.4 Å². The molecule has 0 amide bonds. The van der Waals surface area contributed by atoms with Gasteiger partial charge in [0.25, 0.3) is 0 Å². The fourth-order valence-corrected chi connectivity index (χ4v) is 2.40. The predicted molar refractivity (Wildman–Crippen MR) is 73.2 cm³/mol. The molecule has 4 nitrogen and oxygen atoms in total. The van der Waals surface area contributed by atoms with Gasteiger partial charge < -0.3 is 14.7 Å². The molecule has 108 valence electrons. The molecule has 0 radical (unpaired) electrons. The highest BCUT2D eigenvalue weighted by Gasteiger charge is 2.08. The SMILES string of the molecule is Cc1c(SCCOCCOCCF)cc[n+]([O-])c1C. The first kappa shape index (κ1) is 16.2. The molecule has 0 fully saturated rings. The predicted octanol–water partition coefficient (Wildman–Crippen LogP) is 2.03. The van der Waals surface area contributed by atoms with Crippen LogP contribution in [0.15, 0.2) is 17.2 Å². The highest BCUT2D eigenvalue weighted by Crippen LogP contribution is 2.22. The van der Waals surface area contributed by atoms with Crippen LogP contribution in [0.3, 0.4) is 0 Å². The zero-order valence-electron chi connectivity index (χ0n) is 11.4. The van der Waals surface area contributed by atoms with Gasteiger partial charge in [0, 0.05) is 29.2 Å². The van der Waals surface area contributed by atoms with Crippen LogP contribution in [0.4, 0.5) is 4.39 Å². The van der Waals surface area contributed by atoms with Crippen molar-refractivity contribution < 1.29 is 18.6 Å². The van der Waals surface area contributed by atoms with Gasteiger partial charge in [-0.25, -0.2) is 4.39 Å². The average molecular weight is 289 g/mol. The Labute approximate surface area is 117 Å². The van der Waals surface area contributed by atoms with Gasteiger partial charge in [-0.15, -0.1) is 11.8 Å². The van der Waals surface area contributed by atoms with E-state index >= 15 is 0 Å². The Morgan fingerprint density at radius 3 is 2.58 bits per heavy atom. The molecule has 0 saturated carbocycles. The molecule has 0 bridgehead atoms. The summed E-state index contributed by atoms with van der Waals surface area (Å²) >= 11 is 1.66. The molecule has 0 aromatic carbocycles. The molecule has 0 saturated heterocycles. The zero-order valence-corrected chi connectivity index (χ0v) is 12.2. The van der Waals surface area contributed by atoms with Crippen molar-refractivity contribution in [2.45, 2.75) is 18.7 Å². The van der Waals surface area contributed by atoms with Gasteiger partial charge in [0.15, 0.2) is 11.9 Å². The van der Waals surface area contributed by atoms with Crippen LogP contribution in [-0.4, -0.2) is 38.9 Å². The number of thioether (sulfide) groups is 1. The Morgan fingerprint density at radius 1 is 1.21 bits per heavy atom. The minimum Gasteiger partial charge on any atom is -0.619 e. The molecule has 6 heteroatoms. The summed E-state index contributed by atoms with van der Waals surface area (Å²) in [6.45, 7) is 4.94. The van der Waals surface area contributed by atoms with Gasteiger partial charge >= 0.3 is 0 Å². The van der Waals surface area contributed by atoms with E-state index < -0.39 is 6.67 Å². The average Bonchev–Trinajstić information content (AvgIpc) is 2.41. The number of alkyl halides is 1. The first-order valence-corrected chi connectivity index (χ1v) is 7.19. The maximum absolute atomic E-state index is 11.7. The number of aromatic nitrogens is 1. The van der Waals surface area contributed by atoms with Crippen LogP contribution in [0.1, 0.15) is 11.3 Å². The van der Waals surface area contributed by atoms with Crippen LogP contribution >= 0.6 is 11.8 Å². The monoisotopic (exact) mass is 289 g/mol. The van der Waals surface area contributed by atoms with Crippen LogP contribution in [0.25, 0.3) is 0 Å². The number of hydrogen-bond donors (Lipinski definition) is 0. The summed E-state index contributed by atoms with van der Waals surface area (Å²) in [6, 6.07) is 1.82. The summed E-state index contributed by atoms with van der Waals surface area (Å²) in [7, 11) is 0. The molecule has 0 aliphatic carbocycles. The fourth-order valence-electron chi connectivity index (χ4n) is 1.46. The van der Waals surface area contributed by atoms with E-state index in [9.17, 15) is 9.60 Å². The number of halogens is 1. The molecular weight excluding hydrogens is 269 g/mol. The van der Waals surface area contributed by atoms with E-state index in [-0.39, 0.29) is 6.61 Å². The number of rotatable bonds is 9. The van der Waals surface area contributed by atoms with Crippen LogP contribution in [0.5, 0.6) is 0 Å². The van der Waals surface area contributed by atoms with Crippen LogP contribution < -0.4 is 4.73 Å². The van der Waals surface area contributed by atoms with E-state index in [2.05, 4.69) is 0 Å². The number of pyridine rings is 1. The minimum absolute atomic E-state index is 0.135. The molecule has 1 heterocycles. The molecule has 0 aliphatic heterocycles. The zero-order chi connectivity index (χ0) is 14.1. The fraction of sp³-hybridized carbons (Fsp3) is 0.615. The second kappa shape index (κ2) is 9.12. The number of hydrogen-bond acceptors (Lipinski definition) is 4. The second-order valence-electron chi connectivity index (χ2n) is 3.98. The van der Waals surface area contributed by atoms with Gasteiger partial charge in [-0.1, -0.05) is 0 Å². The lowest BCUT2D eigenvalue weighted by molar-refractivity contribution is -0.613. The molecule has 1 aromatic heterocycles. The number of nitrogens with zero attached hydrogens (tertiary/aromatic N) is 1. The Bertz CT molecular complexity index is 390. The number of ether oxygens (including phenoxy) is 2. The molecular formula is C13H20FNO3S. The third-order valence-corrected chi connectivity index (χ3v) is 3.81. The molecule has 0 spiro atoms. The normalized spacial score (nSPS) is 10.9. The molecule has 0 unspecified atom stereocenters. The molecule has 19 heavy (non-hydrogen) atoms. The third kappa shape index (κ3) is 5.76. The lowest BCUT2D eigenvalue weighted by Gasteiger charge is -2.09. The van der Waals surface area contributed by atoms with Crippen LogP contribution in [-0.2, 0) is 9.47 Å². The highest BCUT2D eigenvalue weighted by atomic mass is 32.2. The molecule has 0 aliphatic rings. The van der Waals surface area contributed by atoms with E-state index in [1.165, 1.54) is 6.20 Å². The summed E-state index contributed by atoms with van der Waals surface area (Å²) in [5, 5.41) is 11.3. The van der Waals surface area contributed by atoms with Crippen molar-refractivity contribution >= 4 is 11.8 Å². The van der Waals surface area contributed by atoms with E-state index in [0.29, 0.717) is 19.8 Å². The third-order valence-electron chi connectivity index (χ3n) is 2.68. The highest BCUT2D eigenvalue weighted by molar-refractivity contribution is 7.99. The van der Waals surface area contributed by atoms with Gasteiger partial charge in [0.05, 0.1) is 26.4 Å². The Morgan fingerprint density at radius 2 is 1.89 bits per heavy atom. The Balaban J connectivity index is 2.18. The summed E-state index contributed by atoms with van der Waals surface area (Å²) in [5.41, 5.74) is 1.74. The van der Waals surface area contributed by atoms with Gasteiger partial charge in [-0.05, 0) is 6.92 Å². The minimum atomic E-state index is -0.456. The maximum atomic E-state index is 11.7. The van der Waals surface area contributed by atoms with Crippen LogP contribution in [0.2, 0.25) is 0 Å². The van der Waals surface area contributed by atoms with Crippen molar-refractivity contribution in [3.8, 4) is 0 Å². The summed E-state index contributed by atoms with van der Waals surface area (Å²) in [6.07, 6.45) is 1.52. The summed E-state index contributed by atoms with van der Waals surface area (Å²) in [4.78, 5) is 1.10. The van der Waals surface area contributed by atoms with E-state index in [4.69, 9.17) is 9.47 Å². The van der Waals surface area contributed by atoms with E-state index in [1.807, 2.05) is 19.9 Å². The largest absolute Gasteiger partial charge is 0.619 e. The van der Waals surface area contributed by atoms with Gasteiger partial charge in [-0.3, -0.25) is 0 Å². The Hall–Kier alpha value is -0.850. The van der Waals surface area contributed by atoms with E-state index in [0.717, 1.165) is 26.6 Å². The molecule has 0 N–H and O–H groups in total. The van der Waals surface area contributed by atoms with Crippen molar-refractivity contribution in [2.75, 3.05) is 38.9 Å². The standard InChI is InChI=1S/C13H20FNO3S/c1-11-12(2)15(16)5-3-13(11)19-10-9-18-8-7-17-6-4-14/h3,5H,4,6-10H2,1-2H3. The summed E-state index contributed by atoms with van der Waals surface area (Å²) < 4.78 is 22.9. The van der Waals surface area contributed by atoms with Crippen molar-refractivity contribution in [1.29, 1.82) is 0 Å². The van der Waals surface area contributed by atoms with Crippen molar-refractivity contribution in [3.05, 3.63) is 28.7 Å². The van der Waals surface area contributed by atoms with Gasteiger partial charge in [0.1, 0.15) is 6.67 Å². The van der Waals surface area contributed by atoms with E-state index in [1.54, 1.807) is 11.8 Å². The lowest BCUT2D eigenvalue weighted by atomic mass is 10.2. The van der Waals surface area contributed by atoms with Crippen LogP contribution in [0, 0.1) is 19.1 Å². The maximum Gasteiger partial charge on any atom is 0.193 e. The second-order valence-corrected chi connectivity index (χ2v) is 5.12. The van der Waals surface area contributed by atoms with Crippen molar-refractivity contribution in [2.24, 2.45) is 0 Å². The molecule has 0 atom stereocenters. The quantitative estimate of drug-likeness (QED) is 0.302. The molecule has 1 rings (SSSR count). The Kier molecular flexibility index (Phi) is 7.78. The first-order valence-electron chi connectivity index (χ1n) is 6.20.